The Morgan fingerprint density at radius 1 is 0.551 bits per heavy atom. The molecular formula is C39H24N6O2PdPt. The van der Waals surface area contributed by atoms with E-state index >= 15 is 0 Å². The van der Waals surface area contributed by atoms with Gasteiger partial charge in [-0.05, 0) is 23.5 Å². The van der Waals surface area contributed by atoms with Gasteiger partial charge < -0.3 is 24.0 Å². The molecule has 242 valence electrons. The van der Waals surface area contributed by atoms with Gasteiger partial charge in [0.15, 0.2) is 0 Å². The van der Waals surface area contributed by atoms with Crippen molar-refractivity contribution >= 4 is 21.8 Å². The smallest absolute Gasteiger partial charge is 0.503 e. The van der Waals surface area contributed by atoms with Gasteiger partial charge in [-0.2, -0.15) is 22.9 Å². The molecule has 4 aromatic heterocycles. The van der Waals surface area contributed by atoms with Crippen LogP contribution in [0.3, 0.4) is 0 Å². The van der Waals surface area contributed by atoms with Crippen molar-refractivity contribution in [2.75, 3.05) is 0 Å². The predicted octanol–water partition coefficient (Wildman–Crippen LogP) is 8.49. The van der Waals surface area contributed by atoms with Crippen LogP contribution in [0.1, 0.15) is 11.1 Å². The first-order valence-electron chi connectivity index (χ1n) is 14.9. The van der Waals surface area contributed by atoms with Crippen LogP contribution in [0.5, 0.6) is 23.0 Å². The summed E-state index contributed by atoms with van der Waals surface area (Å²) in [6, 6.07) is 40.9. The summed E-state index contributed by atoms with van der Waals surface area (Å²) in [4.78, 5) is 21.9. The Labute approximate surface area is 311 Å². The molecule has 0 unspecified atom stereocenters. The molecule has 0 saturated carbocycles. The summed E-state index contributed by atoms with van der Waals surface area (Å²) in [6.45, 7) is 4.03. The second-order valence-electron chi connectivity index (χ2n) is 10.9. The van der Waals surface area contributed by atoms with Crippen LogP contribution >= 0.6 is 0 Å². The standard InChI is InChI=1S/C39H24N6O2.Pd.Pt/c1-25-15-27(35-7-3-5-13-41-35)19-31(17-25)46-29-9-11-33-34-12-10-30(22-38(34)45(37(33)21-29)39-43-23-40-24-44-39)47-32-18-26(2)16-28(20-32)36-8-4-6-14-42-36;;/h3-18,23-24H,1-2H3;;/q-4;2*+2. The van der Waals surface area contributed by atoms with Crippen molar-refractivity contribution in [1.82, 2.24) is 29.5 Å². The van der Waals surface area contributed by atoms with Crippen LogP contribution in [-0.2, 0) is 41.5 Å². The quantitative estimate of drug-likeness (QED) is 0.117. The first-order valence-corrected chi connectivity index (χ1v) is 14.9. The van der Waals surface area contributed by atoms with Gasteiger partial charge in [-0.3, -0.25) is 0 Å². The van der Waals surface area contributed by atoms with Crippen LogP contribution in [0, 0.1) is 38.1 Å². The number of benzene rings is 4. The second-order valence-corrected chi connectivity index (χ2v) is 10.9. The molecule has 0 spiro atoms. The van der Waals surface area contributed by atoms with Crippen LogP contribution in [0.25, 0.3) is 50.3 Å². The minimum absolute atomic E-state index is 0. The monoisotopic (exact) mass is 909 g/mol. The third-order valence-corrected chi connectivity index (χ3v) is 7.51. The third kappa shape index (κ3) is 7.06. The summed E-state index contributed by atoms with van der Waals surface area (Å²) in [5, 5.41) is 1.86. The normalized spacial score (nSPS) is 10.7. The second kappa shape index (κ2) is 14.6. The Morgan fingerprint density at radius 3 is 1.49 bits per heavy atom. The van der Waals surface area contributed by atoms with E-state index in [0.29, 0.717) is 40.0 Å². The molecule has 8 nitrogen and oxygen atoms in total. The van der Waals surface area contributed by atoms with Gasteiger partial charge in [-0.1, -0.05) is 73.4 Å². The zero-order valence-electron chi connectivity index (χ0n) is 26.0. The van der Waals surface area contributed by atoms with Crippen LogP contribution in [0.2, 0.25) is 0 Å². The van der Waals surface area contributed by atoms with Gasteiger partial charge in [0.25, 0.3) is 0 Å². The molecule has 0 aliphatic carbocycles. The van der Waals surface area contributed by atoms with Gasteiger partial charge in [0.2, 0.25) is 5.95 Å². The van der Waals surface area contributed by atoms with E-state index in [9.17, 15) is 0 Å². The number of hydrogen-bond acceptors (Lipinski definition) is 7. The molecule has 0 radical (unpaired) electrons. The molecule has 0 N–H and O–H groups in total. The average Bonchev–Trinajstić information content (AvgIpc) is 3.41. The minimum Gasteiger partial charge on any atom is -0.503 e. The fourth-order valence-corrected chi connectivity index (χ4v) is 5.52. The molecule has 8 aromatic rings. The summed E-state index contributed by atoms with van der Waals surface area (Å²) < 4.78 is 14.5. The van der Waals surface area contributed by atoms with Gasteiger partial charge in [-0.25, -0.2) is 15.0 Å². The molecule has 4 aromatic carbocycles. The minimum atomic E-state index is 0. The molecule has 0 bridgehead atoms. The van der Waals surface area contributed by atoms with Crippen molar-refractivity contribution < 1.29 is 51.0 Å². The number of aromatic nitrogens is 6. The molecule has 0 aliphatic heterocycles. The van der Waals surface area contributed by atoms with E-state index < -0.39 is 0 Å². The molecule has 0 atom stereocenters. The summed E-state index contributed by atoms with van der Waals surface area (Å²) in [5.74, 6) is 2.56. The maximum Gasteiger partial charge on any atom is 2.00 e. The Balaban J connectivity index is 0.00000208. The number of pyridine rings is 2. The van der Waals surface area contributed by atoms with Gasteiger partial charge >= 0.3 is 41.5 Å². The van der Waals surface area contributed by atoms with Crippen LogP contribution in [0.15, 0.2) is 110 Å². The SMILES string of the molecule is Cc1cc(Oc2[c-]c3c(cc2)c2ccc(Oc4[c-]c(-c5ccccn5)cc(C)c4)[c-]c2n3-c2ncncn2)[c-]c(-c2ccccn2)c1.[Pd+2].[Pt+2]. The first-order chi connectivity index (χ1) is 23.1. The Morgan fingerprint density at radius 2 is 1.04 bits per heavy atom. The van der Waals surface area contributed by atoms with Crippen molar-refractivity contribution in [3.05, 3.63) is 145 Å². The van der Waals surface area contributed by atoms with Gasteiger partial charge in [0.05, 0.1) is 0 Å². The van der Waals surface area contributed by atoms with E-state index in [1.807, 2.05) is 103 Å². The molecule has 0 saturated heterocycles. The molecule has 8 rings (SSSR count). The van der Waals surface area contributed by atoms with Crippen molar-refractivity contribution in [2.45, 2.75) is 13.8 Å². The third-order valence-electron chi connectivity index (χ3n) is 7.51. The molecule has 0 aliphatic rings. The van der Waals surface area contributed by atoms with E-state index in [0.717, 1.165) is 44.4 Å². The fourth-order valence-electron chi connectivity index (χ4n) is 5.52. The van der Waals surface area contributed by atoms with Crippen LogP contribution in [0.4, 0.5) is 0 Å². The van der Waals surface area contributed by atoms with Crippen molar-refractivity contribution in [3.8, 4) is 51.5 Å². The molecule has 10 heteroatoms. The van der Waals surface area contributed by atoms with E-state index in [4.69, 9.17) is 9.47 Å². The zero-order chi connectivity index (χ0) is 31.7. The largest absolute Gasteiger partial charge is 2.00 e. The summed E-state index contributed by atoms with van der Waals surface area (Å²) in [6.07, 6.45) is 6.45. The van der Waals surface area contributed by atoms with E-state index in [-0.39, 0.29) is 41.5 Å². The maximum atomic E-state index is 6.33. The first kappa shape index (κ1) is 33.8. The van der Waals surface area contributed by atoms with Crippen molar-refractivity contribution in [1.29, 1.82) is 0 Å². The maximum absolute atomic E-state index is 6.33. The van der Waals surface area contributed by atoms with Crippen molar-refractivity contribution in [3.63, 3.8) is 0 Å². The number of aryl methyl sites for hydroxylation is 2. The number of rotatable bonds is 7. The molecular weight excluding hydrogens is 886 g/mol. The van der Waals surface area contributed by atoms with E-state index in [2.05, 4.69) is 49.2 Å². The van der Waals surface area contributed by atoms with Crippen LogP contribution in [-0.4, -0.2) is 29.5 Å². The number of hydrogen-bond donors (Lipinski definition) is 0. The van der Waals surface area contributed by atoms with Crippen molar-refractivity contribution in [2.24, 2.45) is 0 Å². The fraction of sp³-hybridized carbons (Fsp3) is 0.0513. The molecule has 4 heterocycles. The van der Waals surface area contributed by atoms with Gasteiger partial charge in [0.1, 0.15) is 12.7 Å². The number of ether oxygens (including phenoxy) is 2. The average molecular weight is 910 g/mol. The molecule has 49 heavy (non-hydrogen) atoms. The number of nitrogens with zero attached hydrogens (tertiary/aromatic N) is 6. The van der Waals surface area contributed by atoms with Gasteiger partial charge in [-0.15, -0.1) is 58.7 Å². The Bertz CT molecular complexity index is 2240. The Hall–Kier alpha value is -5.06. The predicted molar refractivity (Wildman–Crippen MR) is 178 cm³/mol. The Kier molecular flexibility index (Phi) is 10.1. The van der Waals surface area contributed by atoms with Gasteiger partial charge in [0, 0.05) is 35.4 Å². The molecule has 0 fully saturated rings. The molecule has 0 amide bonds. The summed E-state index contributed by atoms with van der Waals surface area (Å²) >= 11 is 0. The van der Waals surface area contributed by atoms with Crippen LogP contribution < -0.4 is 9.47 Å². The summed E-state index contributed by atoms with van der Waals surface area (Å²) in [7, 11) is 0. The number of fused-ring (bicyclic) bond motifs is 3. The zero-order valence-corrected chi connectivity index (χ0v) is 29.9. The van der Waals surface area contributed by atoms with E-state index in [1.54, 1.807) is 12.4 Å². The van der Waals surface area contributed by atoms with E-state index in [1.165, 1.54) is 12.7 Å². The topological polar surface area (TPSA) is 87.8 Å². The summed E-state index contributed by atoms with van der Waals surface area (Å²) in [5.41, 5.74) is 6.83.